The Morgan fingerprint density at radius 1 is 1.29 bits per heavy atom. The van der Waals surface area contributed by atoms with E-state index >= 15 is 0 Å². The molecule has 0 fully saturated rings. The number of benzene rings is 1. The Morgan fingerprint density at radius 2 is 2.12 bits per heavy atom. The van der Waals surface area contributed by atoms with E-state index in [0.29, 0.717) is 6.54 Å². The van der Waals surface area contributed by atoms with Crippen LogP contribution in [0.4, 0.5) is 0 Å². The molecule has 1 aromatic carbocycles. The standard InChI is InChI=1S/C17H21N5S.HI/c1-12-10-20-16(23-12)7-8-19-17(18-2)21-11-14-9-13-5-3-4-6-15(13)22-14;/h3-6,9-10,22H,7-8,11H2,1-2H3,(H2,18,19,21);1H. The van der Waals surface area contributed by atoms with E-state index in [-0.39, 0.29) is 24.0 Å². The van der Waals surface area contributed by atoms with Gasteiger partial charge in [0.25, 0.3) is 0 Å². The minimum atomic E-state index is 0. The highest BCUT2D eigenvalue weighted by Crippen LogP contribution is 2.14. The summed E-state index contributed by atoms with van der Waals surface area (Å²) in [6, 6.07) is 10.4. The Bertz CT molecular complexity index is 775. The van der Waals surface area contributed by atoms with Crippen LogP contribution in [0.5, 0.6) is 0 Å². The first-order chi connectivity index (χ1) is 11.2. The van der Waals surface area contributed by atoms with Gasteiger partial charge in [0.1, 0.15) is 0 Å². The molecule has 24 heavy (non-hydrogen) atoms. The second-order valence-electron chi connectivity index (χ2n) is 5.35. The number of aromatic amines is 1. The van der Waals surface area contributed by atoms with E-state index in [4.69, 9.17) is 0 Å². The number of guanidine groups is 1. The molecule has 2 heterocycles. The average Bonchev–Trinajstić information content (AvgIpc) is 3.16. The zero-order valence-electron chi connectivity index (χ0n) is 13.8. The number of hydrogen-bond donors (Lipinski definition) is 3. The van der Waals surface area contributed by atoms with E-state index < -0.39 is 0 Å². The van der Waals surface area contributed by atoms with Crippen LogP contribution in [0.15, 0.2) is 41.5 Å². The van der Waals surface area contributed by atoms with Crippen molar-refractivity contribution in [3.05, 3.63) is 52.1 Å². The average molecular weight is 455 g/mol. The van der Waals surface area contributed by atoms with E-state index in [1.165, 1.54) is 10.3 Å². The second-order valence-corrected chi connectivity index (χ2v) is 6.67. The van der Waals surface area contributed by atoms with Crippen LogP contribution in [-0.4, -0.2) is 29.5 Å². The van der Waals surface area contributed by atoms with E-state index in [9.17, 15) is 0 Å². The van der Waals surface area contributed by atoms with Crippen molar-refractivity contribution in [2.75, 3.05) is 13.6 Å². The van der Waals surface area contributed by atoms with Gasteiger partial charge >= 0.3 is 0 Å². The van der Waals surface area contributed by atoms with Crippen LogP contribution < -0.4 is 10.6 Å². The van der Waals surface area contributed by atoms with Crippen LogP contribution in [0.25, 0.3) is 10.9 Å². The number of fused-ring (bicyclic) bond motifs is 1. The maximum Gasteiger partial charge on any atom is 0.191 e. The lowest BCUT2D eigenvalue weighted by molar-refractivity contribution is 0.785. The molecule has 3 rings (SSSR count). The molecule has 7 heteroatoms. The van der Waals surface area contributed by atoms with Gasteiger partial charge in [0.15, 0.2) is 5.96 Å². The normalized spacial score (nSPS) is 11.3. The monoisotopic (exact) mass is 455 g/mol. The van der Waals surface area contributed by atoms with Gasteiger partial charge < -0.3 is 15.6 Å². The SMILES string of the molecule is CN=C(NCCc1ncc(C)s1)NCc1cc2ccccc2[nH]1.I. The van der Waals surface area contributed by atoms with Crippen LogP contribution in [0, 0.1) is 6.92 Å². The Balaban J connectivity index is 0.00000208. The molecule has 0 bridgehead atoms. The zero-order valence-corrected chi connectivity index (χ0v) is 16.9. The predicted molar refractivity (Wildman–Crippen MR) is 112 cm³/mol. The summed E-state index contributed by atoms with van der Waals surface area (Å²) in [6.07, 6.45) is 2.83. The van der Waals surface area contributed by atoms with E-state index in [0.717, 1.165) is 35.1 Å². The fourth-order valence-electron chi connectivity index (χ4n) is 2.43. The van der Waals surface area contributed by atoms with Crippen molar-refractivity contribution >= 4 is 52.2 Å². The van der Waals surface area contributed by atoms with E-state index in [2.05, 4.69) is 50.7 Å². The van der Waals surface area contributed by atoms with Gasteiger partial charge in [-0.05, 0) is 24.4 Å². The lowest BCUT2D eigenvalue weighted by Crippen LogP contribution is -2.37. The molecule has 2 aromatic heterocycles. The van der Waals surface area contributed by atoms with Crippen molar-refractivity contribution in [2.24, 2.45) is 4.99 Å². The predicted octanol–water partition coefficient (Wildman–Crippen LogP) is 3.46. The molecule has 0 saturated heterocycles. The molecule has 0 aliphatic rings. The lowest BCUT2D eigenvalue weighted by atomic mass is 10.2. The number of halogens is 1. The van der Waals surface area contributed by atoms with Crippen molar-refractivity contribution in [1.82, 2.24) is 20.6 Å². The van der Waals surface area contributed by atoms with Gasteiger partial charge in [-0.15, -0.1) is 35.3 Å². The highest BCUT2D eigenvalue weighted by Gasteiger charge is 2.03. The van der Waals surface area contributed by atoms with Crippen molar-refractivity contribution in [3.63, 3.8) is 0 Å². The molecule has 0 unspecified atom stereocenters. The van der Waals surface area contributed by atoms with Crippen molar-refractivity contribution < 1.29 is 0 Å². The number of H-pyrrole nitrogens is 1. The highest BCUT2D eigenvalue weighted by molar-refractivity contribution is 14.0. The fraction of sp³-hybridized carbons (Fsp3) is 0.294. The maximum absolute atomic E-state index is 4.37. The van der Waals surface area contributed by atoms with Crippen LogP contribution in [-0.2, 0) is 13.0 Å². The molecule has 3 N–H and O–H groups in total. The number of nitrogens with one attached hydrogen (secondary N) is 3. The third kappa shape index (κ3) is 4.94. The number of rotatable bonds is 5. The fourth-order valence-corrected chi connectivity index (χ4v) is 3.22. The molecule has 0 spiro atoms. The summed E-state index contributed by atoms with van der Waals surface area (Å²) in [6.45, 7) is 3.61. The molecular formula is C17H22IN5S. The van der Waals surface area contributed by atoms with Crippen LogP contribution in [0.3, 0.4) is 0 Å². The van der Waals surface area contributed by atoms with Gasteiger partial charge in [-0.1, -0.05) is 18.2 Å². The Labute approximate surface area is 163 Å². The first-order valence-corrected chi connectivity index (χ1v) is 8.48. The minimum absolute atomic E-state index is 0. The molecule has 0 aliphatic carbocycles. The Hall–Kier alpha value is -1.61. The molecule has 0 amide bonds. The summed E-state index contributed by atoms with van der Waals surface area (Å²) in [4.78, 5) is 13.3. The van der Waals surface area contributed by atoms with E-state index in [1.54, 1.807) is 18.4 Å². The maximum atomic E-state index is 4.37. The van der Waals surface area contributed by atoms with Gasteiger partial charge in [0.2, 0.25) is 0 Å². The summed E-state index contributed by atoms with van der Waals surface area (Å²) in [5.41, 5.74) is 2.30. The second kappa shape index (κ2) is 9.03. The van der Waals surface area contributed by atoms with Crippen LogP contribution in [0.1, 0.15) is 15.6 Å². The highest BCUT2D eigenvalue weighted by atomic mass is 127. The van der Waals surface area contributed by atoms with E-state index in [1.807, 2.05) is 18.3 Å². The molecule has 0 saturated carbocycles. The smallest absolute Gasteiger partial charge is 0.191 e. The first-order valence-electron chi connectivity index (χ1n) is 7.67. The van der Waals surface area contributed by atoms with Gasteiger partial charge in [-0.25, -0.2) is 4.98 Å². The van der Waals surface area contributed by atoms with Crippen LogP contribution >= 0.6 is 35.3 Å². The minimum Gasteiger partial charge on any atom is -0.357 e. The van der Waals surface area contributed by atoms with Gasteiger partial charge in [-0.2, -0.15) is 0 Å². The molecule has 0 aliphatic heterocycles. The molecular weight excluding hydrogens is 433 g/mol. The molecule has 5 nitrogen and oxygen atoms in total. The summed E-state index contributed by atoms with van der Waals surface area (Å²) < 4.78 is 0. The summed E-state index contributed by atoms with van der Waals surface area (Å²) in [5.74, 6) is 0.803. The lowest BCUT2D eigenvalue weighted by Gasteiger charge is -2.10. The third-order valence-corrected chi connectivity index (χ3v) is 4.53. The van der Waals surface area contributed by atoms with Crippen molar-refractivity contribution in [3.8, 4) is 0 Å². The van der Waals surface area contributed by atoms with Gasteiger partial charge in [0, 0.05) is 42.3 Å². The molecule has 0 atom stereocenters. The largest absolute Gasteiger partial charge is 0.357 e. The number of hydrogen-bond acceptors (Lipinski definition) is 3. The number of para-hydroxylation sites is 1. The first kappa shape index (κ1) is 18.7. The number of nitrogens with zero attached hydrogens (tertiary/aromatic N) is 2. The summed E-state index contributed by atoms with van der Waals surface area (Å²) in [5, 5.41) is 9.03. The summed E-state index contributed by atoms with van der Waals surface area (Å²) in [7, 11) is 1.79. The summed E-state index contributed by atoms with van der Waals surface area (Å²) >= 11 is 1.74. The number of aryl methyl sites for hydroxylation is 1. The third-order valence-electron chi connectivity index (χ3n) is 3.56. The topological polar surface area (TPSA) is 65.1 Å². The zero-order chi connectivity index (χ0) is 16.1. The van der Waals surface area contributed by atoms with Crippen LogP contribution in [0.2, 0.25) is 0 Å². The van der Waals surface area contributed by atoms with Gasteiger partial charge in [-0.3, -0.25) is 4.99 Å². The Morgan fingerprint density at radius 3 is 2.83 bits per heavy atom. The van der Waals surface area contributed by atoms with Gasteiger partial charge in [0.05, 0.1) is 11.6 Å². The number of aliphatic imine (C=N–C) groups is 1. The number of thiazole rings is 1. The molecule has 3 aromatic rings. The Kier molecular flexibility index (Phi) is 7.04. The van der Waals surface area contributed by atoms with Crippen molar-refractivity contribution in [1.29, 1.82) is 0 Å². The molecule has 0 radical (unpaired) electrons. The number of aromatic nitrogens is 2. The van der Waals surface area contributed by atoms with Crippen molar-refractivity contribution in [2.45, 2.75) is 19.9 Å². The molecule has 128 valence electrons. The quantitative estimate of drug-likeness (QED) is 0.314.